The van der Waals surface area contributed by atoms with Gasteiger partial charge in [-0.3, -0.25) is 4.79 Å². The van der Waals surface area contributed by atoms with Crippen LogP contribution in [0.25, 0.3) is 0 Å². The Morgan fingerprint density at radius 3 is 2.38 bits per heavy atom. The minimum atomic E-state index is -0.239. The Bertz CT molecular complexity index is 680. The van der Waals surface area contributed by atoms with E-state index in [1.807, 2.05) is 36.6 Å². The van der Waals surface area contributed by atoms with Gasteiger partial charge in [0.15, 0.2) is 0 Å². The van der Waals surface area contributed by atoms with Crippen LogP contribution in [0.3, 0.4) is 0 Å². The molecule has 2 aliphatic heterocycles. The molecule has 2 fully saturated rings. The Balaban J connectivity index is 1.52. The highest BCUT2D eigenvalue weighted by Crippen LogP contribution is 2.23. The van der Waals surface area contributed by atoms with Gasteiger partial charge in [-0.25, -0.2) is 9.18 Å². The monoisotopic (exact) mass is 362 g/mol. The highest BCUT2D eigenvalue weighted by atomic mass is 19.1. The molecule has 7 heteroatoms. The van der Waals surface area contributed by atoms with Gasteiger partial charge in [0.1, 0.15) is 5.82 Å². The number of hydrogen-bond donors (Lipinski definition) is 1. The van der Waals surface area contributed by atoms with Crippen LogP contribution >= 0.6 is 0 Å². The number of nitrogens with zero attached hydrogens (tertiary/aromatic N) is 3. The van der Waals surface area contributed by atoms with Crippen molar-refractivity contribution >= 4 is 17.6 Å². The molecule has 3 rings (SSSR count). The molecule has 142 valence electrons. The minimum absolute atomic E-state index is 0.0761. The van der Waals surface area contributed by atoms with E-state index in [-0.39, 0.29) is 29.3 Å². The number of carbonyl (C=O) groups is 2. The fourth-order valence-electron chi connectivity index (χ4n) is 3.58. The number of amides is 3. The lowest BCUT2D eigenvalue weighted by Gasteiger charge is -2.36. The van der Waals surface area contributed by atoms with E-state index in [4.69, 9.17) is 0 Å². The maximum atomic E-state index is 13.9. The van der Waals surface area contributed by atoms with Crippen LogP contribution in [0.4, 0.5) is 14.9 Å². The summed E-state index contributed by atoms with van der Waals surface area (Å²) < 4.78 is 13.9. The average Bonchev–Trinajstić information content (AvgIpc) is 2.96. The van der Waals surface area contributed by atoms with Crippen molar-refractivity contribution in [3.63, 3.8) is 0 Å². The van der Waals surface area contributed by atoms with Gasteiger partial charge in [-0.15, -0.1) is 0 Å². The minimum Gasteiger partial charge on any atom is -0.366 e. The van der Waals surface area contributed by atoms with Gasteiger partial charge in [-0.1, -0.05) is 12.1 Å². The van der Waals surface area contributed by atoms with Crippen molar-refractivity contribution in [3.05, 3.63) is 30.1 Å². The van der Waals surface area contributed by atoms with Gasteiger partial charge in [0.2, 0.25) is 5.91 Å². The largest absolute Gasteiger partial charge is 0.366 e. The summed E-state index contributed by atoms with van der Waals surface area (Å²) in [4.78, 5) is 30.2. The van der Waals surface area contributed by atoms with Gasteiger partial charge in [0.05, 0.1) is 11.7 Å². The van der Waals surface area contributed by atoms with Gasteiger partial charge < -0.3 is 20.0 Å². The molecule has 26 heavy (non-hydrogen) atoms. The number of halogens is 1. The Kier molecular flexibility index (Phi) is 5.07. The molecule has 1 N–H and O–H groups in total. The fraction of sp³-hybridized carbons (Fsp3) is 0.579. The molecule has 0 aromatic heterocycles. The summed E-state index contributed by atoms with van der Waals surface area (Å²) in [7, 11) is 0. The van der Waals surface area contributed by atoms with E-state index >= 15 is 0 Å². The number of carbonyl (C=O) groups excluding carboxylic acids is 2. The number of rotatable bonds is 2. The first-order valence-corrected chi connectivity index (χ1v) is 9.11. The van der Waals surface area contributed by atoms with Crippen molar-refractivity contribution in [2.45, 2.75) is 38.8 Å². The molecule has 6 nitrogen and oxygen atoms in total. The highest BCUT2D eigenvalue weighted by molar-refractivity contribution is 5.82. The molecule has 2 heterocycles. The number of likely N-dealkylation sites (tertiary alicyclic amines) is 1. The summed E-state index contributed by atoms with van der Waals surface area (Å²) in [6.45, 7) is 8.78. The summed E-state index contributed by atoms with van der Waals surface area (Å²) in [5.41, 5.74) is 0.344. The first-order chi connectivity index (χ1) is 12.3. The summed E-state index contributed by atoms with van der Waals surface area (Å²) in [5.74, 6) is -0.163. The lowest BCUT2D eigenvalue weighted by Crippen LogP contribution is -2.54. The van der Waals surface area contributed by atoms with Crippen molar-refractivity contribution in [3.8, 4) is 0 Å². The zero-order valence-corrected chi connectivity index (χ0v) is 15.7. The van der Waals surface area contributed by atoms with Crippen LogP contribution in [0, 0.1) is 5.82 Å². The third-order valence-corrected chi connectivity index (χ3v) is 5.02. The Morgan fingerprint density at radius 1 is 1.15 bits per heavy atom. The Hall–Kier alpha value is -2.31. The van der Waals surface area contributed by atoms with Gasteiger partial charge in [0, 0.05) is 44.7 Å². The third-order valence-electron chi connectivity index (χ3n) is 5.02. The zero-order chi connectivity index (χ0) is 18.9. The number of urea groups is 1. The van der Waals surface area contributed by atoms with Crippen molar-refractivity contribution in [2.24, 2.45) is 0 Å². The quantitative estimate of drug-likeness (QED) is 0.876. The third kappa shape index (κ3) is 3.92. The molecule has 1 aromatic carbocycles. The summed E-state index contributed by atoms with van der Waals surface area (Å²) in [6.07, 6.45) is 0.345. The number of piperazine rings is 1. The molecule has 0 bridgehead atoms. The molecule has 0 aliphatic carbocycles. The van der Waals surface area contributed by atoms with Gasteiger partial charge in [-0.2, -0.15) is 0 Å². The molecule has 0 radical (unpaired) electrons. The maximum Gasteiger partial charge on any atom is 0.317 e. The molecule has 3 amide bonds. The number of nitrogens with one attached hydrogen (secondary N) is 1. The molecule has 0 spiro atoms. The molecule has 2 saturated heterocycles. The first kappa shape index (κ1) is 18.5. The second kappa shape index (κ2) is 7.13. The van der Waals surface area contributed by atoms with Gasteiger partial charge in [0.25, 0.3) is 0 Å². The van der Waals surface area contributed by atoms with Crippen molar-refractivity contribution in [2.75, 3.05) is 37.6 Å². The van der Waals surface area contributed by atoms with Crippen molar-refractivity contribution < 1.29 is 14.0 Å². The summed E-state index contributed by atoms with van der Waals surface area (Å²) >= 11 is 0. The molecular formula is C19H27FN4O2. The van der Waals surface area contributed by atoms with E-state index < -0.39 is 0 Å². The maximum absolute atomic E-state index is 13.9. The molecule has 1 aromatic rings. The van der Waals surface area contributed by atoms with Crippen LogP contribution in [-0.2, 0) is 4.79 Å². The van der Waals surface area contributed by atoms with Crippen LogP contribution in [0.2, 0.25) is 0 Å². The topological polar surface area (TPSA) is 55.9 Å². The standard InChI is InChI=1S/C19H27FN4O2/c1-19(2,3)24-13-14(12-17(24)25)21-18(26)23-10-8-22(9-11-23)16-7-5-4-6-15(16)20/h4-7,14H,8-13H2,1-3H3,(H,21,26). The van der Waals surface area contributed by atoms with Crippen molar-refractivity contribution in [1.82, 2.24) is 15.1 Å². The number of hydrogen-bond acceptors (Lipinski definition) is 3. The van der Waals surface area contributed by atoms with Crippen LogP contribution in [0.1, 0.15) is 27.2 Å². The molecule has 2 aliphatic rings. The van der Waals surface area contributed by atoms with E-state index in [2.05, 4.69) is 5.32 Å². The Labute approximate surface area is 153 Å². The molecular weight excluding hydrogens is 335 g/mol. The van der Waals surface area contributed by atoms with E-state index in [1.54, 1.807) is 17.0 Å². The van der Waals surface area contributed by atoms with Crippen LogP contribution < -0.4 is 10.2 Å². The molecule has 0 saturated carbocycles. The lowest BCUT2D eigenvalue weighted by atomic mass is 10.1. The second-order valence-corrected chi connectivity index (χ2v) is 7.95. The predicted octanol–water partition coefficient (Wildman–Crippen LogP) is 2.06. The molecule has 1 unspecified atom stereocenters. The van der Waals surface area contributed by atoms with E-state index in [9.17, 15) is 14.0 Å². The van der Waals surface area contributed by atoms with E-state index in [1.165, 1.54) is 6.07 Å². The van der Waals surface area contributed by atoms with Crippen LogP contribution in [0.15, 0.2) is 24.3 Å². The summed E-state index contributed by atoms with van der Waals surface area (Å²) in [6, 6.07) is 6.40. The highest BCUT2D eigenvalue weighted by Gasteiger charge is 2.37. The van der Waals surface area contributed by atoms with Gasteiger partial charge in [-0.05, 0) is 32.9 Å². The lowest BCUT2D eigenvalue weighted by molar-refractivity contribution is -0.131. The van der Waals surface area contributed by atoms with Gasteiger partial charge >= 0.3 is 6.03 Å². The zero-order valence-electron chi connectivity index (χ0n) is 15.7. The molecule has 1 atom stereocenters. The predicted molar refractivity (Wildman–Crippen MR) is 98.6 cm³/mol. The first-order valence-electron chi connectivity index (χ1n) is 9.11. The second-order valence-electron chi connectivity index (χ2n) is 7.95. The Morgan fingerprint density at radius 2 is 1.81 bits per heavy atom. The average molecular weight is 362 g/mol. The van der Waals surface area contributed by atoms with E-state index in [0.717, 1.165) is 0 Å². The summed E-state index contributed by atoms with van der Waals surface area (Å²) in [5, 5.41) is 2.98. The van der Waals surface area contributed by atoms with E-state index in [0.29, 0.717) is 44.8 Å². The van der Waals surface area contributed by atoms with Crippen LogP contribution in [-0.4, -0.2) is 66.0 Å². The number of benzene rings is 1. The number of anilines is 1. The SMILES string of the molecule is CC(C)(C)N1CC(NC(=O)N2CCN(c3ccccc3F)CC2)CC1=O. The fourth-order valence-corrected chi connectivity index (χ4v) is 3.58. The number of para-hydroxylation sites is 1. The smallest absolute Gasteiger partial charge is 0.317 e. The van der Waals surface area contributed by atoms with Crippen LogP contribution in [0.5, 0.6) is 0 Å². The van der Waals surface area contributed by atoms with Crippen molar-refractivity contribution in [1.29, 1.82) is 0 Å². The normalized spacial score (nSPS) is 21.3.